The number of nitrogens with zero attached hydrogens (tertiary/aromatic N) is 1. The molecule has 0 radical (unpaired) electrons. The zero-order valence-electron chi connectivity index (χ0n) is 14.3. The number of benzene rings is 1. The number of rotatable bonds is 4. The molecule has 3 nitrogen and oxygen atoms in total. The van der Waals surface area contributed by atoms with E-state index in [9.17, 15) is 13.6 Å². The largest absolute Gasteiger partial charge is 0.342 e. The Morgan fingerprint density at radius 1 is 1.30 bits per heavy atom. The second-order valence-electron chi connectivity index (χ2n) is 6.87. The first-order valence-electron chi connectivity index (χ1n) is 8.29. The van der Waals surface area contributed by atoms with Crippen LogP contribution in [0.25, 0.3) is 0 Å². The lowest BCUT2D eigenvalue weighted by Crippen LogP contribution is -2.51. The Morgan fingerprint density at radius 2 is 2.00 bits per heavy atom. The molecule has 0 aromatic heterocycles. The summed E-state index contributed by atoms with van der Waals surface area (Å²) in [4.78, 5) is 14.0. The van der Waals surface area contributed by atoms with Gasteiger partial charge in [-0.15, -0.1) is 0 Å². The molecule has 0 saturated carbocycles. The van der Waals surface area contributed by atoms with Crippen molar-refractivity contribution in [3.8, 4) is 0 Å². The van der Waals surface area contributed by atoms with E-state index in [1.54, 1.807) is 0 Å². The van der Waals surface area contributed by atoms with Crippen LogP contribution in [-0.2, 0) is 4.79 Å². The molecule has 3 atom stereocenters. The lowest BCUT2D eigenvalue weighted by molar-refractivity contribution is -0.136. The highest BCUT2D eigenvalue weighted by atomic mass is 19.1. The second kappa shape index (κ2) is 7.39. The molecule has 128 valence electrons. The van der Waals surface area contributed by atoms with Crippen molar-refractivity contribution in [2.75, 3.05) is 13.1 Å². The summed E-state index contributed by atoms with van der Waals surface area (Å²) in [6.45, 7) is 9.16. The molecule has 0 aliphatic carbocycles. The number of likely N-dealkylation sites (tertiary alicyclic amines) is 1. The smallest absolute Gasteiger partial charge is 0.225 e. The fraction of sp³-hybridized carbons (Fsp3) is 0.611. The SMILES string of the molecule is CC(C)C(=O)N1CC[C@H](N[C@H](C)c2cc(F)ccc2F)[C@@H](C)C1. The average molecular weight is 324 g/mol. The summed E-state index contributed by atoms with van der Waals surface area (Å²) in [5, 5.41) is 3.40. The fourth-order valence-corrected chi connectivity index (χ4v) is 3.22. The molecular weight excluding hydrogens is 298 g/mol. The highest BCUT2D eigenvalue weighted by Gasteiger charge is 2.30. The highest BCUT2D eigenvalue weighted by Crippen LogP contribution is 2.24. The van der Waals surface area contributed by atoms with E-state index in [0.717, 1.165) is 18.6 Å². The number of piperidine rings is 1. The van der Waals surface area contributed by atoms with Gasteiger partial charge in [0, 0.05) is 36.7 Å². The molecule has 23 heavy (non-hydrogen) atoms. The maximum absolute atomic E-state index is 13.9. The van der Waals surface area contributed by atoms with E-state index in [1.165, 1.54) is 6.07 Å². The summed E-state index contributed by atoms with van der Waals surface area (Å²) >= 11 is 0. The quantitative estimate of drug-likeness (QED) is 0.919. The van der Waals surface area contributed by atoms with Gasteiger partial charge in [0.2, 0.25) is 5.91 Å². The first-order chi connectivity index (χ1) is 10.8. The van der Waals surface area contributed by atoms with Crippen LogP contribution in [0, 0.1) is 23.5 Å². The van der Waals surface area contributed by atoms with Gasteiger partial charge in [-0.2, -0.15) is 0 Å². The van der Waals surface area contributed by atoms with Crippen molar-refractivity contribution < 1.29 is 13.6 Å². The van der Waals surface area contributed by atoms with Crippen LogP contribution in [0.1, 0.15) is 45.7 Å². The molecule has 1 fully saturated rings. The molecule has 1 N–H and O–H groups in total. The third kappa shape index (κ3) is 4.28. The predicted molar refractivity (Wildman–Crippen MR) is 86.9 cm³/mol. The molecule has 1 heterocycles. The van der Waals surface area contributed by atoms with E-state index in [-0.39, 0.29) is 29.8 Å². The third-order valence-corrected chi connectivity index (χ3v) is 4.60. The zero-order valence-corrected chi connectivity index (χ0v) is 14.3. The van der Waals surface area contributed by atoms with Crippen LogP contribution in [0.15, 0.2) is 18.2 Å². The first-order valence-corrected chi connectivity index (χ1v) is 8.29. The molecule has 2 rings (SSSR count). The molecule has 0 spiro atoms. The van der Waals surface area contributed by atoms with Crippen LogP contribution in [0.3, 0.4) is 0 Å². The molecule has 0 bridgehead atoms. The van der Waals surface area contributed by atoms with Crippen molar-refractivity contribution in [1.82, 2.24) is 10.2 Å². The Kier molecular flexibility index (Phi) is 5.74. The highest BCUT2D eigenvalue weighted by molar-refractivity contribution is 5.78. The average Bonchev–Trinajstić information content (AvgIpc) is 2.50. The molecule has 5 heteroatoms. The molecule has 1 amide bonds. The lowest BCUT2D eigenvalue weighted by Gasteiger charge is -2.39. The lowest BCUT2D eigenvalue weighted by atomic mass is 9.91. The zero-order chi connectivity index (χ0) is 17.1. The Balaban J connectivity index is 1.99. The first kappa shape index (κ1) is 17.9. The van der Waals surface area contributed by atoms with Crippen LogP contribution in [0.2, 0.25) is 0 Å². The van der Waals surface area contributed by atoms with Crippen LogP contribution in [0.4, 0.5) is 8.78 Å². The maximum Gasteiger partial charge on any atom is 0.225 e. The molecule has 1 aliphatic heterocycles. The molecule has 1 aliphatic rings. The standard InChI is InChI=1S/C18H26F2N2O/c1-11(2)18(23)22-8-7-17(12(3)10-22)21-13(4)15-9-14(19)5-6-16(15)20/h5-6,9,11-13,17,21H,7-8,10H2,1-4H3/t12-,13+,17-/m0/s1. The van der Waals surface area contributed by atoms with Crippen molar-refractivity contribution in [2.45, 2.75) is 46.2 Å². The van der Waals surface area contributed by atoms with Crippen molar-refractivity contribution in [2.24, 2.45) is 11.8 Å². The Morgan fingerprint density at radius 3 is 2.61 bits per heavy atom. The summed E-state index contributed by atoms with van der Waals surface area (Å²) in [7, 11) is 0. The van der Waals surface area contributed by atoms with E-state index in [1.807, 2.05) is 25.7 Å². The van der Waals surface area contributed by atoms with Crippen molar-refractivity contribution >= 4 is 5.91 Å². The Bertz CT molecular complexity index is 562. The summed E-state index contributed by atoms with van der Waals surface area (Å²) < 4.78 is 27.2. The van der Waals surface area contributed by atoms with E-state index in [4.69, 9.17) is 0 Å². The molecular formula is C18H26F2N2O. The summed E-state index contributed by atoms with van der Waals surface area (Å²) in [6, 6.07) is 3.45. The number of nitrogens with one attached hydrogen (secondary N) is 1. The molecule has 1 aromatic carbocycles. The number of hydrogen-bond donors (Lipinski definition) is 1. The second-order valence-corrected chi connectivity index (χ2v) is 6.87. The number of halogens is 2. The monoisotopic (exact) mass is 324 g/mol. The van der Waals surface area contributed by atoms with E-state index in [2.05, 4.69) is 12.2 Å². The summed E-state index contributed by atoms with van der Waals surface area (Å²) in [6.07, 6.45) is 0.820. The number of carbonyl (C=O) groups is 1. The van der Waals surface area contributed by atoms with Gasteiger partial charge in [0.25, 0.3) is 0 Å². The maximum atomic E-state index is 13.9. The minimum absolute atomic E-state index is 0.00650. The van der Waals surface area contributed by atoms with Gasteiger partial charge >= 0.3 is 0 Å². The Hall–Kier alpha value is -1.49. The van der Waals surface area contributed by atoms with Gasteiger partial charge in [-0.25, -0.2) is 8.78 Å². The minimum atomic E-state index is -0.430. The van der Waals surface area contributed by atoms with Gasteiger partial charge in [0.05, 0.1) is 0 Å². The number of hydrogen-bond acceptors (Lipinski definition) is 2. The normalized spacial score (nSPS) is 23.2. The van der Waals surface area contributed by atoms with Gasteiger partial charge in [-0.3, -0.25) is 4.79 Å². The van der Waals surface area contributed by atoms with E-state index in [0.29, 0.717) is 18.7 Å². The molecule has 1 saturated heterocycles. The van der Waals surface area contributed by atoms with E-state index < -0.39 is 11.6 Å². The summed E-state index contributed by atoms with van der Waals surface area (Å²) in [5.74, 6) is -0.371. The van der Waals surface area contributed by atoms with Gasteiger partial charge in [0.15, 0.2) is 0 Å². The minimum Gasteiger partial charge on any atom is -0.342 e. The van der Waals surface area contributed by atoms with Gasteiger partial charge in [0.1, 0.15) is 11.6 Å². The van der Waals surface area contributed by atoms with Crippen LogP contribution in [-0.4, -0.2) is 29.9 Å². The van der Waals surface area contributed by atoms with Crippen molar-refractivity contribution in [1.29, 1.82) is 0 Å². The van der Waals surface area contributed by atoms with Crippen LogP contribution < -0.4 is 5.32 Å². The Labute approximate surface area is 137 Å². The van der Waals surface area contributed by atoms with Crippen molar-refractivity contribution in [3.63, 3.8) is 0 Å². The topological polar surface area (TPSA) is 32.3 Å². The van der Waals surface area contributed by atoms with Crippen LogP contribution in [0.5, 0.6) is 0 Å². The molecule has 0 unspecified atom stereocenters. The fourth-order valence-electron chi connectivity index (χ4n) is 3.22. The van der Waals surface area contributed by atoms with Gasteiger partial charge in [-0.05, 0) is 37.5 Å². The van der Waals surface area contributed by atoms with E-state index >= 15 is 0 Å². The van der Waals surface area contributed by atoms with Gasteiger partial charge < -0.3 is 10.2 Å². The number of carbonyl (C=O) groups excluding carboxylic acids is 1. The predicted octanol–water partition coefficient (Wildman–Crippen LogP) is 3.51. The van der Waals surface area contributed by atoms with Crippen molar-refractivity contribution in [3.05, 3.63) is 35.4 Å². The molecule has 1 aromatic rings. The van der Waals surface area contributed by atoms with Gasteiger partial charge in [-0.1, -0.05) is 20.8 Å². The summed E-state index contributed by atoms with van der Waals surface area (Å²) in [5.41, 5.74) is 0.345. The van der Waals surface area contributed by atoms with Crippen LogP contribution >= 0.6 is 0 Å². The third-order valence-electron chi connectivity index (χ3n) is 4.60. The number of amides is 1.